The van der Waals surface area contributed by atoms with Crippen LogP contribution < -0.4 is 21.2 Å². The number of fused-ring (bicyclic) bond motifs is 1. The number of carbonyl (C=O) groups excluding carboxylic acids is 1. The van der Waals surface area contributed by atoms with Crippen LogP contribution in [0.25, 0.3) is 0 Å². The van der Waals surface area contributed by atoms with Gasteiger partial charge in [-0.3, -0.25) is 10.0 Å². The summed E-state index contributed by atoms with van der Waals surface area (Å²) in [5.41, 5.74) is 6.07. The number of ether oxygens (including phenoxy) is 1. The van der Waals surface area contributed by atoms with Gasteiger partial charge < -0.3 is 20.1 Å². The minimum atomic E-state index is -4.33. The first kappa shape index (κ1) is 20.9. The molecule has 0 atom stereocenters. The summed E-state index contributed by atoms with van der Waals surface area (Å²) in [6.45, 7) is 3.28. The first-order valence-electron chi connectivity index (χ1n) is 8.59. The number of nitrogen functional groups attached to an aromatic ring is 1. The zero-order valence-corrected chi connectivity index (χ0v) is 16.4. The zero-order chi connectivity index (χ0) is 21.3. The molecule has 2 aromatic carbocycles. The van der Waals surface area contributed by atoms with Gasteiger partial charge in [0, 0.05) is 5.69 Å². The van der Waals surface area contributed by atoms with Crippen LogP contribution in [0.3, 0.4) is 0 Å². The van der Waals surface area contributed by atoms with E-state index >= 15 is 0 Å². The molecule has 1 aliphatic heterocycles. The van der Waals surface area contributed by atoms with E-state index in [0.29, 0.717) is 5.56 Å². The third kappa shape index (κ3) is 4.61. The van der Waals surface area contributed by atoms with Crippen molar-refractivity contribution in [3.63, 3.8) is 0 Å². The van der Waals surface area contributed by atoms with E-state index in [1.165, 1.54) is 18.2 Å². The van der Waals surface area contributed by atoms with E-state index in [9.17, 15) is 22.6 Å². The zero-order valence-electron chi connectivity index (χ0n) is 15.6. The van der Waals surface area contributed by atoms with Crippen LogP contribution in [-0.4, -0.2) is 32.8 Å². The standard InChI is InChI=1S/C17H19BFN3O6S/c1-9(2)28-17(23)21-15-6-11(20)3-4-16(15)29(25,26)22-14-7-12-10(5-13(14)19)8-27-18(12)24/h3-7,9,22,24H,8,20H2,1-2H3,(H,21,23). The molecule has 2 aromatic rings. The van der Waals surface area contributed by atoms with E-state index in [2.05, 4.69) is 10.0 Å². The van der Waals surface area contributed by atoms with Crippen molar-refractivity contribution in [2.45, 2.75) is 31.5 Å². The summed E-state index contributed by atoms with van der Waals surface area (Å²) < 4.78 is 52.2. The molecule has 0 saturated carbocycles. The summed E-state index contributed by atoms with van der Waals surface area (Å²) in [6, 6.07) is 5.99. The summed E-state index contributed by atoms with van der Waals surface area (Å²) in [7, 11) is -5.60. The third-order valence-corrected chi connectivity index (χ3v) is 5.43. The molecule has 1 heterocycles. The lowest BCUT2D eigenvalue weighted by Crippen LogP contribution is -2.29. The molecule has 29 heavy (non-hydrogen) atoms. The fraction of sp³-hybridized carbons (Fsp3) is 0.235. The number of amides is 1. The predicted octanol–water partition coefficient (Wildman–Crippen LogP) is 1.38. The summed E-state index contributed by atoms with van der Waals surface area (Å²) in [4.78, 5) is 11.6. The highest BCUT2D eigenvalue weighted by atomic mass is 32.2. The largest absolute Gasteiger partial charge is 0.491 e. The number of benzene rings is 2. The molecule has 0 unspecified atom stereocenters. The minimum absolute atomic E-state index is 0.0183. The lowest BCUT2D eigenvalue weighted by Gasteiger charge is -2.15. The Balaban J connectivity index is 1.94. The van der Waals surface area contributed by atoms with Gasteiger partial charge >= 0.3 is 13.2 Å². The Kier molecular flexibility index (Phi) is 5.69. The number of hydrogen-bond donors (Lipinski definition) is 4. The highest BCUT2D eigenvalue weighted by Gasteiger charge is 2.30. The Bertz CT molecular complexity index is 1060. The second-order valence-electron chi connectivity index (χ2n) is 6.63. The smallest absolute Gasteiger partial charge is 0.447 e. The fourth-order valence-corrected chi connectivity index (χ4v) is 3.96. The molecule has 0 bridgehead atoms. The summed E-state index contributed by atoms with van der Waals surface area (Å²) >= 11 is 0. The van der Waals surface area contributed by atoms with Crippen molar-refractivity contribution in [2.24, 2.45) is 0 Å². The number of nitrogens with one attached hydrogen (secondary N) is 2. The van der Waals surface area contributed by atoms with Gasteiger partial charge in [0.2, 0.25) is 0 Å². The topological polar surface area (TPSA) is 140 Å². The van der Waals surface area contributed by atoms with Crippen molar-refractivity contribution in [3.8, 4) is 0 Å². The van der Waals surface area contributed by atoms with Crippen LogP contribution in [0.4, 0.5) is 26.2 Å². The Morgan fingerprint density at radius 3 is 2.72 bits per heavy atom. The number of rotatable bonds is 5. The van der Waals surface area contributed by atoms with Crippen LogP contribution in [0.2, 0.25) is 0 Å². The van der Waals surface area contributed by atoms with E-state index in [1.807, 2.05) is 0 Å². The molecule has 1 amide bonds. The van der Waals surface area contributed by atoms with E-state index in [0.717, 1.165) is 12.1 Å². The Morgan fingerprint density at radius 2 is 2.03 bits per heavy atom. The van der Waals surface area contributed by atoms with Crippen LogP contribution in [-0.2, 0) is 26.0 Å². The van der Waals surface area contributed by atoms with Crippen LogP contribution in [0, 0.1) is 5.82 Å². The molecule has 0 aromatic heterocycles. The van der Waals surface area contributed by atoms with E-state index in [1.54, 1.807) is 13.8 Å². The highest BCUT2D eigenvalue weighted by molar-refractivity contribution is 7.92. The summed E-state index contributed by atoms with van der Waals surface area (Å²) in [5, 5.41) is 12.1. The SMILES string of the molecule is CC(C)OC(=O)Nc1cc(N)ccc1S(=O)(=O)Nc1cc2c(cc1F)COB2O. The molecule has 3 rings (SSSR count). The van der Waals surface area contributed by atoms with Gasteiger partial charge in [0.05, 0.1) is 24.1 Å². The normalized spacial score (nSPS) is 13.3. The first-order valence-corrected chi connectivity index (χ1v) is 10.1. The Labute approximate surface area is 167 Å². The van der Waals surface area contributed by atoms with Gasteiger partial charge in [-0.05, 0) is 55.2 Å². The average molecular weight is 423 g/mol. The molecular formula is C17H19BFN3O6S. The van der Waals surface area contributed by atoms with Crippen molar-refractivity contribution in [2.75, 3.05) is 15.8 Å². The van der Waals surface area contributed by atoms with Gasteiger partial charge in [0.25, 0.3) is 10.0 Å². The van der Waals surface area contributed by atoms with Gasteiger partial charge in [0.1, 0.15) is 10.7 Å². The number of nitrogens with two attached hydrogens (primary N) is 1. The molecule has 154 valence electrons. The number of sulfonamides is 1. The lowest BCUT2D eigenvalue weighted by atomic mass is 9.79. The molecule has 0 radical (unpaired) electrons. The van der Waals surface area contributed by atoms with E-state index in [4.69, 9.17) is 15.1 Å². The van der Waals surface area contributed by atoms with Gasteiger partial charge in [-0.2, -0.15) is 0 Å². The van der Waals surface area contributed by atoms with Crippen molar-refractivity contribution in [3.05, 3.63) is 41.7 Å². The number of hydrogen-bond acceptors (Lipinski definition) is 7. The maximum absolute atomic E-state index is 14.4. The van der Waals surface area contributed by atoms with Crippen LogP contribution in [0.1, 0.15) is 19.4 Å². The van der Waals surface area contributed by atoms with E-state index < -0.39 is 35.2 Å². The van der Waals surface area contributed by atoms with Crippen LogP contribution in [0.15, 0.2) is 35.2 Å². The molecule has 0 spiro atoms. The molecule has 0 fully saturated rings. The predicted molar refractivity (Wildman–Crippen MR) is 106 cm³/mol. The van der Waals surface area contributed by atoms with Crippen molar-refractivity contribution in [1.82, 2.24) is 0 Å². The third-order valence-electron chi connectivity index (χ3n) is 4.01. The fourth-order valence-electron chi connectivity index (χ4n) is 2.76. The van der Waals surface area contributed by atoms with Crippen LogP contribution in [0.5, 0.6) is 0 Å². The number of halogens is 1. The van der Waals surface area contributed by atoms with Crippen molar-refractivity contribution in [1.29, 1.82) is 0 Å². The highest BCUT2D eigenvalue weighted by Crippen LogP contribution is 2.28. The van der Waals surface area contributed by atoms with Gasteiger partial charge in [-0.25, -0.2) is 17.6 Å². The second-order valence-corrected chi connectivity index (χ2v) is 8.29. The summed E-state index contributed by atoms with van der Waals surface area (Å²) in [6.07, 6.45) is -1.30. The molecule has 0 saturated heterocycles. The second kappa shape index (κ2) is 7.89. The Morgan fingerprint density at radius 1 is 1.31 bits per heavy atom. The molecule has 5 N–H and O–H groups in total. The number of anilines is 3. The van der Waals surface area contributed by atoms with Gasteiger partial charge in [0.15, 0.2) is 0 Å². The van der Waals surface area contributed by atoms with Crippen molar-refractivity contribution >= 4 is 45.8 Å². The molecule has 1 aliphatic rings. The minimum Gasteiger partial charge on any atom is -0.447 e. The summed E-state index contributed by atoms with van der Waals surface area (Å²) in [5.74, 6) is -0.839. The maximum atomic E-state index is 14.4. The molecule has 12 heteroatoms. The first-order chi connectivity index (χ1) is 13.6. The maximum Gasteiger partial charge on any atom is 0.491 e. The van der Waals surface area contributed by atoms with Gasteiger partial charge in [-0.1, -0.05) is 0 Å². The Hall–Kier alpha value is -2.83. The van der Waals surface area contributed by atoms with Crippen molar-refractivity contribution < 1.29 is 32.0 Å². The monoisotopic (exact) mass is 423 g/mol. The number of carbonyl (C=O) groups is 1. The van der Waals surface area contributed by atoms with Crippen LogP contribution >= 0.6 is 0 Å². The molecular weight excluding hydrogens is 404 g/mol. The molecule has 0 aliphatic carbocycles. The van der Waals surface area contributed by atoms with E-state index in [-0.39, 0.29) is 34.0 Å². The quantitative estimate of drug-likeness (QED) is 0.421. The van der Waals surface area contributed by atoms with Gasteiger partial charge in [-0.15, -0.1) is 0 Å². The lowest BCUT2D eigenvalue weighted by molar-refractivity contribution is 0.130. The average Bonchev–Trinajstić information content (AvgIpc) is 2.94. The molecule has 9 nitrogen and oxygen atoms in total.